The molecule has 5 aromatic carbocycles. The van der Waals surface area contributed by atoms with E-state index in [9.17, 15) is 0 Å². The lowest BCUT2D eigenvalue weighted by atomic mass is 10.1. The number of benzene rings is 5. The van der Waals surface area contributed by atoms with Crippen molar-refractivity contribution in [2.75, 3.05) is 10.2 Å². The molecule has 0 atom stereocenters. The second kappa shape index (κ2) is 9.73. The van der Waals surface area contributed by atoms with Gasteiger partial charge in [0.1, 0.15) is 5.82 Å². The molecule has 0 aliphatic rings. The van der Waals surface area contributed by atoms with Gasteiger partial charge in [0.25, 0.3) is 0 Å². The third-order valence-electron chi connectivity index (χ3n) is 7.43. The molecule has 3 heterocycles. The van der Waals surface area contributed by atoms with E-state index in [1.807, 2.05) is 29.7 Å². The number of nitrogens with one attached hydrogen (secondary N) is 1. The van der Waals surface area contributed by atoms with Crippen molar-refractivity contribution in [3.63, 3.8) is 0 Å². The highest BCUT2D eigenvalue weighted by atomic mass is 32.1. The van der Waals surface area contributed by atoms with Gasteiger partial charge in [-0.1, -0.05) is 60.7 Å². The van der Waals surface area contributed by atoms with E-state index in [2.05, 4.69) is 137 Å². The molecular formula is C36H24N4S. The maximum absolute atomic E-state index is 5.17. The summed E-state index contributed by atoms with van der Waals surface area (Å²) in [7, 11) is 0. The van der Waals surface area contributed by atoms with E-state index < -0.39 is 0 Å². The van der Waals surface area contributed by atoms with E-state index in [0.717, 1.165) is 50.4 Å². The number of hydrogen-bond donors (Lipinski definition) is 1. The maximum atomic E-state index is 5.17. The van der Waals surface area contributed by atoms with E-state index >= 15 is 0 Å². The Kier molecular flexibility index (Phi) is 5.61. The summed E-state index contributed by atoms with van der Waals surface area (Å²) < 4.78 is 2.61. The highest BCUT2D eigenvalue weighted by Gasteiger charge is 2.16. The van der Waals surface area contributed by atoms with Gasteiger partial charge in [-0.15, -0.1) is 11.3 Å². The fourth-order valence-corrected chi connectivity index (χ4v) is 6.61. The first kappa shape index (κ1) is 23.6. The number of thiophene rings is 1. The maximum Gasteiger partial charge on any atom is 0.138 e. The molecule has 1 N–H and O–H groups in total. The molecule has 194 valence electrons. The van der Waals surface area contributed by atoms with E-state index in [1.54, 1.807) is 0 Å². The smallest absolute Gasteiger partial charge is 0.138 e. The average Bonchev–Trinajstić information content (AvgIpc) is 3.40. The minimum atomic E-state index is 0.838. The van der Waals surface area contributed by atoms with Gasteiger partial charge in [0, 0.05) is 59.9 Å². The quantitative estimate of drug-likeness (QED) is 0.219. The molecule has 0 spiro atoms. The van der Waals surface area contributed by atoms with Crippen LogP contribution in [0.4, 0.5) is 28.6 Å². The van der Waals surface area contributed by atoms with E-state index in [-0.39, 0.29) is 0 Å². The van der Waals surface area contributed by atoms with Gasteiger partial charge in [-0.05, 0) is 72.8 Å². The predicted octanol–water partition coefficient (Wildman–Crippen LogP) is 10.4. The number of fused-ring (bicyclic) bond motifs is 6. The van der Waals surface area contributed by atoms with Gasteiger partial charge < -0.3 is 5.32 Å². The van der Waals surface area contributed by atoms with Crippen LogP contribution >= 0.6 is 11.3 Å². The van der Waals surface area contributed by atoms with E-state index in [4.69, 9.17) is 4.98 Å². The SMILES string of the molecule is c1ccc(N(c2cccc(Nc3ccc4sc5ccccc5c4c3)c2)c2ccc3ccc4cccnc4c3n2)cc1. The Morgan fingerprint density at radius 3 is 2.22 bits per heavy atom. The molecule has 0 bridgehead atoms. The summed E-state index contributed by atoms with van der Waals surface area (Å²) in [6, 6.07) is 46.6. The van der Waals surface area contributed by atoms with Crippen LogP contribution in [-0.2, 0) is 0 Å². The summed E-state index contributed by atoms with van der Waals surface area (Å²) in [5.74, 6) is 0.838. The first-order valence-electron chi connectivity index (χ1n) is 13.6. The highest BCUT2D eigenvalue weighted by Crippen LogP contribution is 2.38. The molecule has 4 nitrogen and oxygen atoms in total. The summed E-state index contributed by atoms with van der Waals surface area (Å²) in [5, 5.41) is 8.37. The molecule has 0 aliphatic heterocycles. The van der Waals surface area contributed by atoms with Crippen LogP contribution in [0.2, 0.25) is 0 Å². The zero-order valence-electron chi connectivity index (χ0n) is 22.0. The first-order valence-corrected chi connectivity index (χ1v) is 14.4. The van der Waals surface area contributed by atoms with Crippen molar-refractivity contribution in [1.29, 1.82) is 0 Å². The van der Waals surface area contributed by atoms with Crippen LogP contribution in [0.15, 0.2) is 140 Å². The van der Waals surface area contributed by atoms with Gasteiger partial charge in [-0.3, -0.25) is 9.88 Å². The zero-order chi connectivity index (χ0) is 27.2. The van der Waals surface area contributed by atoms with Crippen molar-refractivity contribution >= 4 is 81.9 Å². The van der Waals surface area contributed by atoms with Crippen LogP contribution in [0.5, 0.6) is 0 Å². The second-order valence-electron chi connectivity index (χ2n) is 10.0. The molecule has 41 heavy (non-hydrogen) atoms. The van der Waals surface area contributed by atoms with Gasteiger partial charge in [0.05, 0.1) is 11.0 Å². The van der Waals surface area contributed by atoms with Gasteiger partial charge in [0.15, 0.2) is 0 Å². The molecule has 3 aromatic heterocycles. The lowest BCUT2D eigenvalue weighted by Crippen LogP contribution is -2.11. The first-order chi connectivity index (χ1) is 20.3. The Morgan fingerprint density at radius 1 is 0.537 bits per heavy atom. The van der Waals surface area contributed by atoms with Crippen LogP contribution in [-0.4, -0.2) is 9.97 Å². The van der Waals surface area contributed by atoms with Gasteiger partial charge in [-0.2, -0.15) is 0 Å². The highest BCUT2D eigenvalue weighted by molar-refractivity contribution is 7.25. The van der Waals surface area contributed by atoms with Gasteiger partial charge in [0.2, 0.25) is 0 Å². The number of hydrogen-bond acceptors (Lipinski definition) is 5. The standard InChI is InChI=1S/C36H24N4S/c1-2-10-28(11-3-1)40(34-20-17-25-16-15-24-8-7-21-37-35(24)36(25)39-34)29-12-6-9-26(22-29)38-27-18-19-33-31(23-27)30-13-4-5-14-32(30)41-33/h1-23,38H. The van der Waals surface area contributed by atoms with Crippen molar-refractivity contribution in [3.05, 3.63) is 140 Å². The van der Waals surface area contributed by atoms with Crippen LogP contribution in [0.1, 0.15) is 0 Å². The van der Waals surface area contributed by atoms with Crippen LogP contribution in [0.3, 0.4) is 0 Å². The molecule has 0 saturated heterocycles. The predicted molar refractivity (Wildman–Crippen MR) is 174 cm³/mol. The normalized spacial score (nSPS) is 11.4. The van der Waals surface area contributed by atoms with E-state index in [0.29, 0.717) is 0 Å². The second-order valence-corrected chi connectivity index (χ2v) is 11.1. The number of para-hydroxylation sites is 1. The monoisotopic (exact) mass is 544 g/mol. The van der Waals surface area contributed by atoms with E-state index in [1.165, 1.54) is 20.2 Å². The fourth-order valence-electron chi connectivity index (χ4n) is 5.52. The molecule has 5 heteroatoms. The van der Waals surface area contributed by atoms with Crippen molar-refractivity contribution in [3.8, 4) is 0 Å². The van der Waals surface area contributed by atoms with Gasteiger partial charge in [-0.25, -0.2) is 4.98 Å². The summed E-state index contributed by atoms with van der Waals surface area (Å²) in [6.07, 6.45) is 1.83. The molecule has 0 aliphatic carbocycles. The van der Waals surface area contributed by atoms with Crippen LogP contribution in [0, 0.1) is 0 Å². The zero-order valence-corrected chi connectivity index (χ0v) is 22.8. The molecular weight excluding hydrogens is 520 g/mol. The van der Waals surface area contributed by atoms with Crippen LogP contribution in [0.25, 0.3) is 42.0 Å². The Morgan fingerprint density at radius 2 is 1.29 bits per heavy atom. The largest absolute Gasteiger partial charge is 0.355 e. The minimum absolute atomic E-state index is 0.838. The summed E-state index contributed by atoms with van der Waals surface area (Å²) in [6.45, 7) is 0. The molecule has 0 fully saturated rings. The van der Waals surface area contributed by atoms with Gasteiger partial charge >= 0.3 is 0 Å². The number of rotatable bonds is 5. The molecule has 8 aromatic rings. The summed E-state index contributed by atoms with van der Waals surface area (Å²) in [5.41, 5.74) is 5.93. The van der Waals surface area contributed by atoms with Crippen molar-refractivity contribution in [2.24, 2.45) is 0 Å². The number of anilines is 5. The lowest BCUT2D eigenvalue weighted by Gasteiger charge is -2.25. The Hall–Kier alpha value is -5.26. The number of aromatic nitrogens is 2. The summed E-state index contributed by atoms with van der Waals surface area (Å²) in [4.78, 5) is 12.0. The minimum Gasteiger partial charge on any atom is -0.355 e. The Balaban J connectivity index is 1.22. The lowest BCUT2D eigenvalue weighted by molar-refractivity contribution is 1.21. The van der Waals surface area contributed by atoms with Crippen molar-refractivity contribution in [2.45, 2.75) is 0 Å². The number of nitrogens with zero attached hydrogens (tertiary/aromatic N) is 3. The Bertz CT molecular complexity index is 2200. The fraction of sp³-hybridized carbons (Fsp3) is 0. The Labute approximate surface area is 241 Å². The average molecular weight is 545 g/mol. The molecule has 0 saturated carbocycles. The molecule has 8 rings (SSSR count). The summed E-state index contributed by atoms with van der Waals surface area (Å²) >= 11 is 1.83. The van der Waals surface area contributed by atoms with Crippen LogP contribution < -0.4 is 10.2 Å². The number of pyridine rings is 2. The third-order valence-corrected chi connectivity index (χ3v) is 8.58. The topological polar surface area (TPSA) is 41.0 Å². The van der Waals surface area contributed by atoms with Crippen molar-refractivity contribution in [1.82, 2.24) is 9.97 Å². The molecule has 0 unspecified atom stereocenters. The molecule has 0 amide bonds. The van der Waals surface area contributed by atoms with Crippen molar-refractivity contribution < 1.29 is 0 Å². The third kappa shape index (κ3) is 4.24. The molecule has 0 radical (unpaired) electrons.